The summed E-state index contributed by atoms with van der Waals surface area (Å²) in [6.45, 7) is 1.86. The van der Waals surface area contributed by atoms with Crippen LogP contribution in [-0.2, 0) is 4.79 Å². The summed E-state index contributed by atoms with van der Waals surface area (Å²) in [5.41, 5.74) is 0.314. The minimum atomic E-state index is -1.05. The van der Waals surface area contributed by atoms with Crippen LogP contribution in [0, 0.1) is 0 Å². The second-order valence-electron chi connectivity index (χ2n) is 4.83. The molecule has 1 unspecified atom stereocenters. The van der Waals surface area contributed by atoms with Gasteiger partial charge in [0.15, 0.2) is 0 Å². The van der Waals surface area contributed by atoms with Crippen LogP contribution in [0.3, 0.4) is 0 Å². The van der Waals surface area contributed by atoms with Crippen molar-refractivity contribution in [2.24, 2.45) is 0 Å². The van der Waals surface area contributed by atoms with Crippen LogP contribution in [0.1, 0.15) is 30.1 Å². The van der Waals surface area contributed by atoms with Crippen LogP contribution in [0.25, 0.3) is 0 Å². The number of hydrogen-bond acceptors (Lipinski definition) is 5. The molecule has 0 aliphatic rings. The van der Waals surface area contributed by atoms with Gasteiger partial charge in [-0.2, -0.15) is 0 Å². The summed E-state index contributed by atoms with van der Waals surface area (Å²) in [6.07, 6.45) is 5.50. The van der Waals surface area contributed by atoms with Gasteiger partial charge >= 0.3 is 5.97 Å². The van der Waals surface area contributed by atoms with Gasteiger partial charge in [-0.25, -0.2) is 9.78 Å². The molecule has 23 heavy (non-hydrogen) atoms. The number of carboxylic acids is 1. The molecule has 0 spiro atoms. The Balaban J connectivity index is 2.09. The van der Waals surface area contributed by atoms with E-state index in [0.29, 0.717) is 30.0 Å². The second-order valence-corrected chi connectivity index (χ2v) is 4.83. The van der Waals surface area contributed by atoms with Crippen molar-refractivity contribution in [3.8, 4) is 11.6 Å². The summed E-state index contributed by atoms with van der Waals surface area (Å²) in [7, 11) is 0. The molecule has 1 aromatic heterocycles. The van der Waals surface area contributed by atoms with Crippen molar-refractivity contribution in [2.45, 2.75) is 25.8 Å². The van der Waals surface area contributed by atoms with E-state index in [0.717, 1.165) is 0 Å². The summed E-state index contributed by atoms with van der Waals surface area (Å²) < 4.78 is 5.50. The predicted octanol–water partition coefficient (Wildman–Crippen LogP) is 2.25. The summed E-state index contributed by atoms with van der Waals surface area (Å²) >= 11 is 0. The van der Waals surface area contributed by atoms with Gasteiger partial charge in [-0.3, -0.25) is 9.78 Å². The predicted molar refractivity (Wildman–Crippen MR) is 82.3 cm³/mol. The van der Waals surface area contributed by atoms with Gasteiger partial charge in [0.2, 0.25) is 5.88 Å². The lowest BCUT2D eigenvalue weighted by Gasteiger charge is -2.14. The summed E-state index contributed by atoms with van der Waals surface area (Å²) in [5, 5.41) is 11.6. The third kappa shape index (κ3) is 4.77. The Morgan fingerprint density at radius 3 is 2.83 bits per heavy atom. The van der Waals surface area contributed by atoms with Gasteiger partial charge in [-0.15, -0.1) is 0 Å². The number of hydrogen-bond donors (Lipinski definition) is 2. The zero-order valence-electron chi connectivity index (χ0n) is 12.6. The topological polar surface area (TPSA) is 101 Å². The number of carbonyl (C=O) groups is 2. The van der Waals surface area contributed by atoms with Crippen molar-refractivity contribution in [3.63, 3.8) is 0 Å². The fourth-order valence-electron chi connectivity index (χ4n) is 1.95. The smallest absolute Gasteiger partial charge is 0.326 e. The number of nitrogens with zero attached hydrogens (tertiary/aromatic N) is 2. The third-order valence-electron chi connectivity index (χ3n) is 3.04. The maximum atomic E-state index is 12.2. The molecule has 2 aromatic rings. The molecule has 1 amide bonds. The highest BCUT2D eigenvalue weighted by Gasteiger charge is 2.19. The fourth-order valence-corrected chi connectivity index (χ4v) is 1.95. The van der Waals surface area contributed by atoms with E-state index < -0.39 is 17.9 Å². The molecule has 1 atom stereocenters. The Labute approximate surface area is 133 Å². The van der Waals surface area contributed by atoms with E-state index in [1.54, 1.807) is 18.2 Å². The van der Waals surface area contributed by atoms with Crippen LogP contribution in [0.5, 0.6) is 11.6 Å². The largest absolute Gasteiger partial charge is 0.480 e. The molecule has 0 radical (unpaired) electrons. The number of ether oxygens (including phenoxy) is 1. The SMILES string of the molecule is CCCC(NC(=O)c1cccc(Oc2cnccn2)c1)C(=O)O. The maximum absolute atomic E-state index is 12.2. The second kappa shape index (κ2) is 7.88. The molecular formula is C16H17N3O4. The molecule has 0 aliphatic heterocycles. The fraction of sp³-hybridized carbons (Fsp3) is 0.250. The Morgan fingerprint density at radius 1 is 1.35 bits per heavy atom. The van der Waals surface area contributed by atoms with E-state index in [-0.39, 0.29) is 0 Å². The Bertz CT molecular complexity index is 676. The van der Waals surface area contributed by atoms with Gasteiger partial charge < -0.3 is 15.2 Å². The standard InChI is InChI=1S/C16H17N3O4/c1-2-4-13(16(21)22)19-15(20)11-5-3-6-12(9-11)23-14-10-17-7-8-18-14/h3,5-10,13H,2,4H2,1H3,(H,19,20)(H,21,22). The number of nitrogens with one attached hydrogen (secondary N) is 1. The van der Waals surface area contributed by atoms with Crippen molar-refractivity contribution in [2.75, 3.05) is 0 Å². The summed E-state index contributed by atoms with van der Waals surface area (Å²) in [6, 6.07) is 5.53. The molecule has 0 aliphatic carbocycles. The van der Waals surface area contributed by atoms with Crippen LogP contribution in [-0.4, -0.2) is 33.0 Å². The lowest BCUT2D eigenvalue weighted by Crippen LogP contribution is -2.40. The number of amides is 1. The van der Waals surface area contributed by atoms with Crippen molar-refractivity contribution in [1.82, 2.24) is 15.3 Å². The van der Waals surface area contributed by atoms with Gasteiger partial charge in [0.25, 0.3) is 5.91 Å². The normalized spacial score (nSPS) is 11.5. The van der Waals surface area contributed by atoms with E-state index in [1.165, 1.54) is 24.7 Å². The average Bonchev–Trinajstić information content (AvgIpc) is 2.55. The molecule has 1 aromatic carbocycles. The Hall–Kier alpha value is -2.96. The number of aliphatic carboxylic acids is 1. The van der Waals surface area contributed by atoms with Gasteiger partial charge in [0.05, 0.1) is 6.20 Å². The molecule has 7 nitrogen and oxygen atoms in total. The molecular weight excluding hydrogens is 298 g/mol. The number of benzene rings is 1. The molecule has 1 heterocycles. The summed E-state index contributed by atoms with van der Waals surface area (Å²) in [4.78, 5) is 31.2. The highest BCUT2D eigenvalue weighted by atomic mass is 16.5. The van der Waals surface area contributed by atoms with Crippen molar-refractivity contribution in [1.29, 1.82) is 0 Å². The quantitative estimate of drug-likeness (QED) is 0.812. The molecule has 2 N–H and O–H groups in total. The van der Waals surface area contributed by atoms with Crippen LogP contribution >= 0.6 is 0 Å². The maximum Gasteiger partial charge on any atom is 0.326 e. The van der Waals surface area contributed by atoms with E-state index in [1.807, 2.05) is 6.92 Å². The van der Waals surface area contributed by atoms with Crippen LogP contribution in [0.4, 0.5) is 0 Å². The number of rotatable bonds is 7. The zero-order valence-corrected chi connectivity index (χ0v) is 12.6. The van der Waals surface area contributed by atoms with E-state index in [2.05, 4.69) is 15.3 Å². The zero-order chi connectivity index (χ0) is 16.7. The number of carbonyl (C=O) groups excluding carboxylic acids is 1. The lowest BCUT2D eigenvalue weighted by molar-refractivity contribution is -0.139. The van der Waals surface area contributed by atoms with Gasteiger partial charge in [0.1, 0.15) is 11.8 Å². The Morgan fingerprint density at radius 2 is 2.17 bits per heavy atom. The van der Waals surface area contributed by atoms with Crippen molar-refractivity contribution >= 4 is 11.9 Å². The molecule has 0 fully saturated rings. The van der Waals surface area contributed by atoms with Gasteiger partial charge in [-0.05, 0) is 24.6 Å². The third-order valence-corrected chi connectivity index (χ3v) is 3.04. The highest BCUT2D eigenvalue weighted by Crippen LogP contribution is 2.19. The molecule has 120 valence electrons. The molecule has 2 rings (SSSR count). The first kappa shape index (κ1) is 16.4. The number of carboxylic acid groups (broad SMARTS) is 1. The highest BCUT2D eigenvalue weighted by molar-refractivity contribution is 5.96. The number of aromatic nitrogens is 2. The average molecular weight is 315 g/mol. The van der Waals surface area contributed by atoms with Gasteiger partial charge in [-0.1, -0.05) is 19.4 Å². The first-order valence-corrected chi connectivity index (χ1v) is 7.17. The van der Waals surface area contributed by atoms with Crippen LogP contribution in [0.2, 0.25) is 0 Å². The molecule has 0 bridgehead atoms. The lowest BCUT2D eigenvalue weighted by atomic mass is 10.1. The minimum Gasteiger partial charge on any atom is -0.480 e. The molecule has 7 heteroatoms. The first-order chi connectivity index (χ1) is 11.1. The van der Waals surface area contributed by atoms with Gasteiger partial charge in [0, 0.05) is 18.0 Å². The monoisotopic (exact) mass is 315 g/mol. The Kier molecular flexibility index (Phi) is 5.62. The van der Waals surface area contributed by atoms with Crippen LogP contribution in [0.15, 0.2) is 42.9 Å². The van der Waals surface area contributed by atoms with Crippen molar-refractivity contribution in [3.05, 3.63) is 48.4 Å². The summed E-state index contributed by atoms with van der Waals surface area (Å²) in [5.74, 6) is -0.789. The van der Waals surface area contributed by atoms with Crippen molar-refractivity contribution < 1.29 is 19.4 Å². The molecule has 0 saturated carbocycles. The van der Waals surface area contributed by atoms with E-state index in [4.69, 9.17) is 9.84 Å². The first-order valence-electron chi connectivity index (χ1n) is 7.17. The van der Waals surface area contributed by atoms with Crippen LogP contribution < -0.4 is 10.1 Å². The molecule has 0 saturated heterocycles. The minimum absolute atomic E-state index is 0.305. The van der Waals surface area contributed by atoms with E-state index in [9.17, 15) is 9.59 Å². The van der Waals surface area contributed by atoms with E-state index >= 15 is 0 Å².